The molecule has 1 unspecified atom stereocenters. The maximum absolute atomic E-state index is 11.2. The van der Waals surface area contributed by atoms with E-state index in [0.29, 0.717) is 13.1 Å². The van der Waals surface area contributed by atoms with Gasteiger partial charge < -0.3 is 10.4 Å². The molecule has 19 heavy (non-hydrogen) atoms. The van der Waals surface area contributed by atoms with E-state index in [9.17, 15) is 9.59 Å². The van der Waals surface area contributed by atoms with E-state index in [1.54, 1.807) is 6.20 Å². The fourth-order valence-electron chi connectivity index (χ4n) is 2.07. The van der Waals surface area contributed by atoms with Gasteiger partial charge in [0.2, 0.25) is 5.91 Å². The van der Waals surface area contributed by atoms with E-state index in [1.165, 1.54) is 4.90 Å². The lowest BCUT2D eigenvalue weighted by molar-refractivity contribution is -0.132. The van der Waals surface area contributed by atoms with Gasteiger partial charge in [0.1, 0.15) is 6.04 Å². The van der Waals surface area contributed by atoms with Crippen molar-refractivity contribution in [3.8, 4) is 0 Å². The molecular formula is C13H17N3O3. The number of amides is 2. The number of pyridine rings is 1. The number of nitrogens with one attached hydrogen (secondary N) is 1. The lowest BCUT2D eigenvalue weighted by Gasteiger charge is -2.34. The molecular weight excluding hydrogens is 246 g/mol. The number of rotatable bonds is 6. The van der Waals surface area contributed by atoms with Gasteiger partial charge in [0.25, 0.3) is 0 Å². The van der Waals surface area contributed by atoms with Crippen LogP contribution in [0.5, 0.6) is 0 Å². The molecule has 0 aliphatic carbocycles. The number of unbranched alkanes of at least 4 members (excludes halogenated alkanes) is 1. The SMILES string of the molecule is O=C1NCC1N(CCCCc1cccnc1)C(=O)O. The van der Waals surface area contributed by atoms with Crippen LogP contribution in [-0.2, 0) is 11.2 Å². The van der Waals surface area contributed by atoms with E-state index in [2.05, 4.69) is 10.3 Å². The van der Waals surface area contributed by atoms with Gasteiger partial charge >= 0.3 is 6.09 Å². The highest BCUT2D eigenvalue weighted by molar-refractivity contribution is 5.90. The average molecular weight is 263 g/mol. The molecule has 1 fully saturated rings. The molecule has 0 radical (unpaired) electrons. The minimum absolute atomic E-state index is 0.199. The van der Waals surface area contributed by atoms with Crippen LogP contribution in [0.15, 0.2) is 24.5 Å². The molecule has 2 amide bonds. The van der Waals surface area contributed by atoms with Gasteiger partial charge in [-0.05, 0) is 30.9 Å². The van der Waals surface area contributed by atoms with Gasteiger partial charge in [-0.2, -0.15) is 0 Å². The van der Waals surface area contributed by atoms with Crippen LogP contribution in [0.25, 0.3) is 0 Å². The molecule has 0 saturated carbocycles. The predicted molar refractivity (Wildman–Crippen MR) is 68.7 cm³/mol. The van der Waals surface area contributed by atoms with E-state index in [0.717, 1.165) is 24.8 Å². The van der Waals surface area contributed by atoms with Crippen LogP contribution in [0.1, 0.15) is 18.4 Å². The molecule has 6 nitrogen and oxygen atoms in total. The molecule has 1 aromatic rings. The normalized spacial score (nSPS) is 17.5. The van der Waals surface area contributed by atoms with Crippen molar-refractivity contribution >= 4 is 12.0 Å². The molecule has 0 aromatic carbocycles. The standard InChI is InChI=1S/C13H17N3O3/c17-12-11(9-15-12)16(13(18)19)7-2-1-4-10-5-3-6-14-8-10/h3,5-6,8,11H,1-2,4,7,9H2,(H,15,17)(H,18,19). The van der Waals surface area contributed by atoms with Crippen molar-refractivity contribution in [2.75, 3.05) is 13.1 Å². The van der Waals surface area contributed by atoms with Gasteiger partial charge in [-0.15, -0.1) is 0 Å². The Morgan fingerprint density at radius 2 is 2.37 bits per heavy atom. The Morgan fingerprint density at radius 1 is 1.53 bits per heavy atom. The first-order valence-electron chi connectivity index (χ1n) is 6.34. The first-order chi connectivity index (χ1) is 9.18. The van der Waals surface area contributed by atoms with E-state index >= 15 is 0 Å². The van der Waals surface area contributed by atoms with E-state index < -0.39 is 12.1 Å². The van der Waals surface area contributed by atoms with Gasteiger partial charge in [-0.25, -0.2) is 4.79 Å². The Labute approximate surface area is 111 Å². The Balaban J connectivity index is 1.74. The molecule has 102 valence electrons. The van der Waals surface area contributed by atoms with Crippen molar-refractivity contribution in [2.24, 2.45) is 0 Å². The highest BCUT2D eigenvalue weighted by Gasteiger charge is 2.35. The van der Waals surface area contributed by atoms with Crippen molar-refractivity contribution < 1.29 is 14.7 Å². The summed E-state index contributed by atoms with van der Waals surface area (Å²) in [5, 5.41) is 11.6. The molecule has 1 aliphatic rings. The highest BCUT2D eigenvalue weighted by atomic mass is 16.4. The van der Waals surface area contributed by atoms with Crippen LogP contribution in [-0.4, -0.2) is 46.1 Å². The minimum atomic E-state index is -1.03. The molecule has 1 aliphatic heterocycles. The molecule has 1 saturated heterocycles. The van der Waals surface area contributed by atoms with E-state index in [-0.39, 0.29) is 5.91 Å². The lowest BCUT2D eigenvalue weighted by atomic mass is 10.1. The van der Waals surface area contributed by atoms with Gasteiger partial charge in [0, 0.05) is 25.5 Å². The molecule has 1 aromatic heterocycles. The average Bonchev–Trinajstić information content (AvgIpc) is 2.41. The topological polar surface area (TPSA) is 82.5 Å². The predicted octanol–water partition coefficient (Wildman–Crippen LogP) is 0.883. The van der Waals surface area contributed by atoms with Crippen LogP contribution in [0.3, 0.4) is 0 Å². The summed E-state index contributed by atoms with van der Waals surface area (Å²) in [6, 6.07) is 3.38. The number of carbonyl (C=O) groups excluding carboxylic acids is 1. The summed E-state index contributed by atoms with van der Waals surface area (Å²) in [6.45, 7) is 0.821. The smallest absolute Gasteiger partial charge is 0.408 e. The van der Waals surface area contributed by atoms with Crippen molar-refractivity contribution in [3.05, 3.63) is 30.1 Å². The Hall–Kier alpha value is -2.11. The molecule has 2 rings (SSSR count). The van der Waals surface area contributed by atoms with Gasteiger partial charge in [0.05, 0.1) is 0 Å². The van der Waals surface area contributed by atoms with Crippen molar-refractivity contribution in [1.29, 1.82) is 0 Å². The summed E-state index contributed by atoms with van der Waals surface area (Å²) < 4.78 is 0. The van der Waals surface area contributed by atoms with Gasteiger partial charge in [-0.3, -0.25) is 14.7 Å². The van der Waals surface area contributed by atoms with Crippen LogP contribution in [0, 0.1) is 0 Å². The number of carboxylic acid groups (broad SMARTS) is 1. The number of hydrogen-bond acceptors (Lipinski definition) is 3. The van der Waals surface area contributed by atoms with E-state index in [4.69, 9.17) is 5.11 Å². The summed E-state index contributed by atoms with van der Waals surface area (Å²) in [7, 11) is 0. The Morgan fingerprint density at radius 3 is 2.89 bits per heavy atom. The third kappa shape index (κ3) is 3.43. The molecule has 2 N–H and O–H groups in total. The first kappa shape index (κ1) is 13.3. The summed E-state index contributed by atoms with van der Waals surface area (Å²) in [4.78, 5) is 27.5. The summed E-state index contributed by atoms with van der Waals surface area (Å²) in [5.41, 5.74) is 1.14. The Bertz CT molecular complexity index is 450. The first-order valence-corrected chi connectivity index (χ1v) is 6.34. The molecule has 6 heteroatoms. The molecule has 0 spiro atoms. The van der Waals surface area contributed by atoms with Crippen LogP contribution < -0.4 is 5.32 Å². The second kappa shape index (κ2) is 6.17. The number of nitrogens with zero attached hydrogens (tertiary/aromatic N) is 2. The van der Waals surface area contributed by atoms with Crippen molar-refractivity contribution in [2.45, 2.75) is 25.3 Å². The third-order valence-corrected chi connectivity index (χ3v) is 3.23. The largest absolute Gasteiger partial charge is 0.465 e. The van der Waals surface area contributed by atoms with Crippen LogP contribution in [0.4, 0.5) is 4.79 Å². The second-order valence-corrected chi connectivity index (χ2v) is 4.56. The fraction of sp³-hybridized carbons (Fsp3) is 0.462. The quantitative estimate of drug-likeness (QED) is 0.589. The van der Waals surface area contributed by atoms with Gasteiger partial charge in [-0.1, -0.05) is 6.07 Å². The van der Waals surface area contributed by atoms with Crippen LogP contribution in [0.2, 0.25) is 0 Å². The van der Waals surface area contributed by atoms with Crippen LogP contribution >= 0.6 is 0 Å². The number of carbonyl (C=O) groups is 2. The second-order valence-electron chi connectivity index (χ2n) is 4.56. The fourth-order valence-corrected chi connectivity index (χ4v) is 2.07. The number of aryl methyl sites for hydroxylation is 1. The maximum atomic E-state index is 11.2. The number of hydrogen-bond donors (Lipinski definition) is 2. The zero-order chi connectivity index (χ0) is 13.7. The summed E-state index contributed by atoms with van der Waals surface area (Å²) in [5.74, 6) is -0.199. The highest BCUT2D eigenvalue weighted by Crippen LogP contribution is 2.10. The van der Waals surface area contributed by atoms with Crippen molar-refractivity contribution in [3.63, 3.8) is 0 Å². The molecule has 0 bridgehead atoms. The number of aromatic nitrogens is 1. The summed E-state index contributed by atoms with van der Waals surface area (Å²) in [6.07, 6.45) is 5.01. The lowest BCUT2D eigenvalue weighted by Crippen LogP contribution is -2.63. The van der Waals surface area contributed by atoms with Crippen molar-refractivity contribution in [1.82, 2.24) is 15.2 Å². The minimum Gasteiger partial charge on any atom is -0.465 e. The zero-order valence-corrected chi connectivity index (χ0v) is 10.6. The maximum Gasteiger partial charge on any atom is 0.408 e. The molecule has 1 atom stereocenters. The zero-order valence-electron chi connectivity index (χ0n) is 10.6. The monoisotopic (exact) mass is 263 g/mol. The van der Waals surface area contributed by atoms with E-state index in [1.807, 2.05) is 18.3 Å². The Kier molecular flexibility index (Phi) is 4.33. The van der Waals surface area contributed by atoms with Gasteiger partial charge in [0.15, 0.2) is 0 Å². The number of β-lactam (4-membered cyclic amide) rings is 1. The third-order valence-electron chi connectivity index (χ3n) is 3.23. The molecule has 2 heterocycles. The summed E-state index contributed by atoms with van der Waals surface area (Å²) >= 11 is 0.